The lowest BCUT2D eigenvalue weighted by Crippen LogP contribution is -2.39. The van der Waals surface area contributed by atoms with Gasteiger partial charge in [-0.05, 0) is 56.5 Å². The average molecular weight is 517 g/mol. The third-order valence-electron chi connectivity index (χ3n) is 7.34. The zero-order valence-corrected chi connectivity index (χ0v) is 22.6. The number of nitrogens with zero attached hydrogens (tertiary/aromatic N) is 6. The molecule has 0 unspecified atom stereocenters. The SMILES string of the molecule is CCN(CC)c1nc(Nc2ccc(N3CCOCC3)cc2)nc(NC2CCN(Cc3ccccc3)CC2)n1. The van der Waals surface area contributed by atoms with Crippen LogP contribution in [0.2, 0.25) is 0 Å². The summed E-state index contributed by atoms with van der Waals surface area (Å²) in [5.74, 6) is 1.89. The lowest BCUT2D eigenvalue weighted by molar-refractivity contribution is 0.122. The summed E-state index contributed by atoms with van der Waals surface area (Å²) in [4.78, 5) is 21.3. The summed E-state index contributed by atoms with van der Waals surface area (Å²) in [6.07, 6.45) is 2.12. The molecular weight excluding hydrogens is 476 g/mol. The first-order chi connectivity index (χ1) is 18.7. The van der Waals surface area contributed by atoms with E-state index in [9.17, 15) is 0 Å². The standard InChI is InChI=1S/C29H40N8O/c1-3-36(4-2)29-33-27(30-24-10-12-26(13-11-24)37-18-20-38-21-19-37)32-28(34-29)31-25-14-16-35(17-15-25)22-23-8-6-5-7-9-23/h5-13,25H,3-4,14-22H2,1-2H3,(H2,30,31,32,33,34). The number of ether oxygens (including phenoxy) is 1. The Morgan fingerprint density at radius 2 is 1.53 bits per heavy atom. The third-order valence-corrected chi connectivity index (χ3v) is 7.34. The minimum atomic E-state index is 0.342. The predicted octanol–water partition coefficient (Wildman–Crippen LogP) is 4.37. The monoisotopic (exact) mass is 516 g/mol. The van der Waals surface area contributed by atoms with Crippen molar-refractivity contribution in [3.05, 3.63) is 60.2 Å². The fourth-order valence-electron chi connectivity index (χ4n) is 5.10. The van der Waals surface area contributed by atoms with Crippen molar-refractivity contribution < 1.29 is 4.74 Å². The van der Waals surface area contributed by atoms with E-state index in [1.807, 2.05) is 0 Å². The van der Waals surface area contributed by atoms with Crippen LogP contribution in [0.15, 0.2) is 54.6 Å². The predicted molar refractivity (Wildman–Crippen MR) is 155 cm³/mol. The molecule has 2 aliphatic rings. The molecule has 2 saturated heterocycles. The molecule has 0 amide bonds. The Morgan fingerprint density at radius 1 is 0.842 bits per heavy atom. The minimum absolute atomic E-state index is 0.342. The number of piperidine rings is 1. The number of morpholine rings is 1. The van der Waals surface area contributed by atoms with Crippen LogP contribution in [0.3, 0.4) is 0 Å². The number of anilines is 5. The summed E-state index contributed by atoms with van der Waals surface area (Å²) in [5, 5.41) is 7.02. The molecule has 3 aromatic rings. The molecule has 0 radical (unpaired) electrons. The van der Waals surface area contributed by atoms with Crippen molar-refractivity contribution in [3.63, 3.8) is 0 Å². The number of hydrogen-bond donors (Lipinski definition) is 2. The van der Waals surface area contributed by atoms with Gasteiger partial charge >= 0.3 is 0 Å². The first-order valence-electron chi connectivity index (χ1n) is 13.9. The van der Waals surface area contributed by atoms with E-state index in [0.29, 0.717) is 23.9 Å². The normalized spacial score (nSPS) is 16.8. The van der Waals surface area contributed by atoms with Gasteiger partial charge in [-0.2, -0.15) is 15.0 Å². The molecule has 0 bridgehead atoms. The zero-order valence-electron chi connectivity index (χ0n) is 22.6. The molecule has 1 aromatic heterocycles. The number of rotatable bonds is 10. The van der Waals surface area contributed by atoms with Crippen LogP contribution in [0.1, 0.15) is 32.3 Å². The van der Waals surface area contributed by atoms with E-state index in [1.54, 1.807) is 0 Å². The van der Waals surface area contributed by atoms with Crippen molar-refractivity contribution in [2.75, 3.05) is 72.9 Å². The maximum Gasteiger partial charge on any atom is 0.233 e. The molecule has 0 aliphatic carbocycles. The van der Waals surface area contributed by atoms with Crippen molar-refractivity contribution in [1.82, 2.24) is 19.9 Å². The lowest BCUT2D eigenvalue weighted by Gasteiger charge is -2.32. The van der Waals surface area contributed by atoms with E-state index >= 15 is 0 Å². The topological polar surface area (TPSA) is 81.7 Å². The third kappa shape index (κ3) is 6.90. The van der Waals surface area contributed by atoms with Gasteiger partial charge in [-0.1, -0.05) is 30.3 Å². The van der Waals surface area contributed by atoms with Gasteiger partial charge in [-0.25, -0.2) is 0 Å². The molecule has 202 valence electrons. The Balaban J connectivity index is 1.24. The van der Waals surface area contributed by atoms with E-state index in [-0.39, 0.29) is 0 Å². The van der Waals surface area contributed by atoms with Crippen molar-refractivity contribution >= 4 is 29.2 Å². The Bertz CT molecular complexity index is 1130. The summed E-state index contributed by atoms with van der Waals surface area (Å²) in [7, 11) is 0. The highest BCUT2D eigenvalue weighted by Gasteiger charge is 2.21. The average Bonchev–Trinajstić information content (AvgIpc) is 2.96. The zero-order chi connectivity index (χ0) is 26.2. The Labute approximate surface area is 226 Å². The van der Waals surface area contributed by atoms with Crippen molar-refractivity contribution in [3.8, 4) is 0 Å². The molecule has 2 N–H and O–H groups in total. The van der Waals surface area contributed by atoms with Gasteiger partial charge in [0.25, 0.3) is 0 Å². The second kappa shape index (κ2) is 12.9. The summed E-state index contributed by atoms with van der Waals surface area (Å²) >= 11 is 0. The van der Waals surface area contributed by atoms with Gasteiger partial charge in [0.1, 0.15) is 0 Å². The van der Waals surface area contributed by atoms with Crippen LogP contribution in [0.25, 0.3) is 0 Å². The van der Waals surface area contributed by atoms with Crippen LogP contribution in [-0.4, -0.2) is 78.4 Å². The minimum Gasteiger partial charge on any atom is -0.378 e. The molecule has 3 heterocycles. The molecule has 2 aliphatic heterocycles. The van der Waals surface area contributed by atoms with Crippen molar-refractivity contribution in [2.45, 2.75) is 39.3 Å². The van der Waals surface area contributed by atoms with Gasteiger partial charge in [0.2, 0.25) is 17.8 Å². The second-order valence-electron chi connectivity index (χ2n) is 9.91. The fraction of sp³-hybridized carbons (Fsp3) is 0.483. The highest BCUT2D eigenvalue weighted by molar-refractivity contribution is 5.60. The first kappa shape index (κ1) is 26.2. The summed E-state index contributed by atoms with van der Waals surface area (Å²) in [5.41, 5.74) is 3.53. The van der Waals surface area contributed by atoms with E-state index in [4.69, 9.17) is 19.7 Å². The molecule has 0 atom stereocenters. The van der Waals surface area contributed by atoms with Crippen LogP contribution < -0.4 is 20.4 Å². The highest BCUT2D eigenvalue weighted by Crippen LogP contribution is 2.23. The summed E-state index contributed by atoms with van der Waals surface area (Å²) in [6.45, 7) is 12.5. The van der Waals surface area contributed by atoms with Crippen LogP contribution in [0.4, 0.5) is 29.2 Å². The Kier molecular flexibility index (Phi) is 8.88. The van der Waals surface area contributed by atoms with Crippen molar-refractivity contribution in [2.24, 2.45) is 0 Å². The lowest BCUT2D eigenvalue weighted by atomic mass is 10.0. The highest BCUT2D eigenvalue weighted by atomic mass is 16.5. The van der Waals surface area contributed by atoms with Gasteiger partial charge in [-0.3, -0.25) is 4.90 Å². The summed E-state index contributed by atoms with van der Waals surface area (Å²) in [6, 6.07) is 19.5. The van der Waals surface area contributed by atoms with Crippen LogP contribution in [-0.2, 0) is 11.3 Å². The van der Waals surface area contributed by atoms with Crippen molar-refractivity contribution in [1.29, 1.82) is 0 Å². The smallest absolute Gasteiger partial charge is 0.233 e. The first-order valence-corrected chi connectivity index (χ1v) is 13.9. The van der Waals surface area contributed by atoms with Crippen LogP contribution in [0.5, 0.6) is 0 Å². The van der Waals surface area contributed by atoms with E-state index in [1.165, 1.54) is 11.3 Å². The molecule has 0 saturated carbocycles. The Morgan fingerprint density at radius 3 is 2.21 bits per heavy atom. The van der Waals surface area contributed by atoms with Gasteiger partial charge in [0.05, 0.1) is 13.2 Å². The molecule has 5 rings (SSSR count). The fourth-order valence-corrected chi connectivity index (χ4v) is 5.10. The second-order valence-corrected chi connectivity index (χ2v) is 9.91. The molecular formula is C29H40N8O. The number of hydrogen-bond acceptors (Lipinski definition) is 9. The quantitative estimate of drug-likeness (QED) is 0.408. The number of likely N-dealkylation sites (tertiary alicyclic amines) is 1. The van der Waals surface area contributed by atoms with E-state index < -0.39 is 0 Å². The number of benzene rings is 2. The number of nitrogens with one attached hydrogen (secondary N) is 2. The Hall–Kier alpha value is -3.43. The van der Waals surface area contributed by atoms with Gasteiger partial charge < -0.3 is 25.2 Å². The molecule has 9 heteroatoms. The molecule has 9 nitrogen and oxygen atoms in total. The summed E-state index contributed by atoms with van der Waals surface area (Å²) < 4.78 is 5.48. The number of aromatic nitrogens is 3. The molecule has 2 fully saturated rings. The van der Waals surface area contributed by atoms with Crippen LogP contribution >= 0.6 is 0 Å². The van der Waals surface area contributed by atoms with Gasteiger partial charge in [0.15, 0.2) is 0 Å². The molecule has 2 aromatic carbocycles. The maximum absolute atomic E-state index is 5.48. The van der Waals surface area contributed by atoms with E-state index in [0.717, 1.165) is 77.6 Å². The largest absolute Gasteiger partial charge is 0.378 e. The molecule has 0 spiro atoms. The van der Waals surface area contributed by atoms with Gasteiger partial charge in [0, 0.05) is 63.2 Å². The van der Waals surface area contributed by atoms with Gasteiger partial charge in [-0.15, -0.1) is 0 Å². The maximum atomic E-state index is 5.48. The molecule has 38 heavy (non-hydrogen) atoms. The van der Waals surface area contributed by atoms with Crippen LogP contribution in [0, 0.1) is 0 Å². The van der Waals surface area contributed by atoms with E-state index in [2.05, 4.69) is 93.8 Å².